The van der Waals surface area contributed by atoms with Crippen molar-refractivity contribution in [1.29, 1.82) is 0 Å². The lowest BCUT2D eigenvalue weighted by atomic mass is 9.85. The Morgan fingerprint density at radius 3 is 2.88 bits per heavy atom. The van der Waals surface area contributed by atoms with Gasteiger partial charge in [-0.1, -0.05) is 43.2 Å². The highest BCUT2D eigenvalue weighted by molar-refractivity contribution is 5.96. The number of benzene rings is 1. The summed E-state index contributed by atoms with van der Waals surface area (Å²) in [5.41, 5.74) is 0.916. The maximum atomic E-state index is 12.0. The Kier molecular flexibility index (Phi) is 2.75. The molecule has 0 aromatic heterocycles. The Bertz CT molecular complexity index is 412. The van der Waals surface area contributed by atoms with E-state index in [-0.39, 0.29) is 11.4 Å². The lowest BCUT2D eigenvalue weighted by Gasteiger charge is -2.16. The molecular weight excluding hydrogens is 212 g/mol. The molecule has 2 aliphatic rings. The van der Waals surface area contributed by atoms with Crippen LogP contribution in [0.15, 0.2) is 30.3 Å². The lowest BCUT2D eigenvalue weighted by molar-refractivity contribution is 0.0966. The summed E-state index contributed by atoms with van der Waals surface area (Å²) in [6.45, 7) is 0. The Morgan fingerprint density at radius 1 is 1.29 bits per heavy atom. The maximum absolute atomic E-state index is 12.0. The number of carbonyl (C=O) groups excluding carboxylic acids is 1. The molecule has 1 heterocycles. The fraction of sp³-hybridized carbons (Fsp3) is 0.533. The van der Waals surface area contributed by atoms with Crippen LogP contribution in [0.2, 0.25) is 0 Å². The summed E-state index contributed by atoms with van der Waals surface area (Å²) in [7, 11) is 0. The molecule has 1 aliphatic carbocycles. The Hall–Kier alpha value is -1.15. The molecule has 2 atom stereocenters. The van der Waals surface area contributed by atoms with E-state index in [1.165, 1.54) is 19.3 Å². The highest BCUT2D eigenvalue weighted by Crippen LogP contribution is 2.50. The number of fused-ring (bicyclic) bond motifs is 1. The smallest absolute Gasteiger partial charge is 0.162 e. The lowest BCUT2D eigenvalue weighted by Crippen LogP contribution is -2.20. The molecule has 0 spiro atoms. The van der Waals surface area contributed by atoms with Gasteiger partial charge < -0.3 is 4.74 Å². The van der Waals surface area contributed by atoms with Gasteiger partial charge in [0.25, 0.3) is 0 Å². The van der Waals surface area contributed by atoms with Gasteiger partial charge >= 0.3 is 0 Å². The molecule has 2 nitrogen and oxygen atoms in total. The van der Waals surface area contributed by atoms with E-state index in [9.17, 15) is 4.79 Å². The van der Waals surface area contributed by atoms with Crippen molar-refractivity contribution in [2.75, 3.05) is 0 Å². The standard InChI is InChI=1S/C15H18O2/c16-13(12-6-2-1-3-7-12)9-11-15-10-5-4-8-14(15)17-15/h1-3,6-7,14H,4-5,8-11H2/t14-,15-/m0/s1. The van der Waals surface area contributed by atoms with Gasteiger partial charge in [0.05, 0.1) is 11.7 Å². The number of ketones is 1. The van der Waals surface area contributed by atoms with Crippen LogP contribution >= 0.6 is 0 Å². The first-order valence-electron chi connectivity index (χ1n) is 6.56. The third-order valence-electron chi connectivity index (χ3n) is 4.09. The van der Waals surface area contributed by atoms with Gasteiger partial charge in [-0.05, 0) is 19.3 Å². The Morgan fingerprint density at radius 2 is 2.12 bits per heavy atom. The molecule has 0 unspecified atom stereocenters. The molecule has 3 rings (SSSR count). The second-order valence-corrected chi connectivity index (χ2v) is 5.21. The molecule has 90 valence electrons. The minimum Gasteiger partial charge on any atom is -0.366 e. The molecule has 1 saturated carbocycles. The quantitative estimate of drug-likeness (QED) is 0.586. The van der Waals surface area contributed by atoms with E-state index in [4.69, 9.17) is 4.74 Å². The molecule has 1 aliphatic heterocycles. The van der Waals surface area contributed by atoms with E-state index in [0.717, 1.165) is 18.4 Å². The molecule has 0 radical (unpaired) electrons. The molecule has 2 fully saturated rings. The predicted octanol–water partition coefficient (Wildman–Crippen LogP) is 3.36. The minimum atomic E-state index is 0.0860. The predicted molar refractivity (Wildman–Crippen MR) is 66.1 cm³/mol. The van der Waals surface area contributed by atoms with Gasteiger partial charge in [0.2, 0.25) is 0 Å². The van der Waals surface area contributed by atoms with Crippen molar-refractivity contribution in [2.45, 2.75) is 50.2 Å². The highest BCUT2D eigenvalue weighted by atomic mass is 16.6. The van der Waals surface area contributed by atoms with Crippen molar-refractivity contribution in [3.8, 4) is 0 Å². The fourth-order valence-corrected chi connectivity index (χ4v) is 2.98. The number of hydrogen-bond acceptors (Lipinski definition) is 2. The van der Waals surface area contributed by atoms with Crippen LogP contribution in [0.25, 0.3) is 0 Å². The second kappa shape index (κ2) is 4.26. The van der Waals surface area contributed by atoms with Crippen LogP contribution in [0.5, 0.6) is 0 Å². The van der Waals surface area contributed by atoms with Gasteiger partial charge in [0.15, 0.2) is 5.78 Å². The highest BCUT2D eigenvalue weighted by Gasteiger charge is 2.56. The van der Waals surface area contributed by atoms with Crippen LogP contribution < -0.4 is 0 Å². The molecule has 0 amide bonds. The molecular formula is C15H18O2. The van der Waals surface area contributed by atoms with Gasteiger partial charge in [-0.15, -0.1) is 0 Å². The Labute approximate surface area is 102 Å². The minimum absolute atomic E-state index is 0.0860. The zero-order valence-electron chi connectivity index (χ0n) is 10.0. The zero-order valence-corrected chi connectivity index (χ0v) is 10.0. The van der Waals surface area contributed by atoms with Crippen LogP contribution in [0.4, 0.5) is 0 Å². The monoisotopic (exact) mass is 230 g/mol. The average molecular weight is 230 g/mol. The molecule has 0 bridgehead atoms. The fourth-order valence-electron chi connectivity index (χ4n) is 2.98. The van der Waals surface area contributed by atoms with Crippen molar-refractivity contribution < 1.29 is 9.53 Å². The van der Waals surface area contributed by atoms with E-state index in [1.54, 1.807) is 0 Å². The van der Waals surface area contributed by atoms with Crippen LogP contribution in [-0.4, -0.2) is 17.5 Å². The van der Waals surface area contributed by atoms with E-state index >= 15 is 0 Å². The largest absolute Gasteiger partial charge is 0.366 e. The first-order valence-corrected chi connectivity index (χ1v) is 6.56. The van der Waals surface area contributed by atoms with Gasteiger partial charge in [-0.3, -0.25) is 4.79 Å². The summed E-state index contributed by atoms with van der Waals surface area (Å²) in [6.07, 6.45) is 6.89. The summed E-state index contributed by atoms with van der Waals surface area (Å²) < 4.78 is 5.80. The van der Waals surface area contributed by atoms with E-state index < -0.39 is 0 Å². The van der Waals surface area contributed by atoms with Crippen molar-refractivity contribution in [2.24, 2.45) is 0 Å². The first-order chi connectivity index (χ1) is 8.30. The number of epoxide rings is 1. The number of ether oxygens (including phenoxy) is 1. The van der Waals surface area contributed by atoms with Crippen LogP contribution in [0, 0.1) is 0 Å². The van der Waals surface area contributed by atoms with Crippen LogP contribution in [-0.2, 0) is 4.74 Å². The third kappa shape index (κ3) is 2.14. The summed E-state index contributed by atoms with van der Waals surface area (Å²) in [5.74, 6) is 0.250. The topological polar surface area (TPSA) is 29.6 Å². The summed E-state index contributed by atoms with van der Waals surface area (Å²) >= 11 is 0. The zero-order chi connectivity index (χ0) is 11.7. The first kappa shape index (κ1) is 11.0. The second-order valence-electron chi connectivity index (χ2n) is 5.21. The van der Waals surface area contributed by atoms with Crippen LogP contribution in [0.1, 0.15) is 48.9 Å². The number of carbonyl (C=O) groups is 1. The summed E-state index contributed by atoms with van der Waals surface area (Å²) in [6, 6.07) is 9.57. The van der Waals surface area contributed by atoms with Crippen LogP contribution in [0.3, 0.4) is 0 Å². The van der Waals surface area contributed by atoms with Gasteiger partial charge in [0.1, 0.15) is 0 Å². The van der Waals surface area contributed by atoms with E-state index in [1.807, 2.05) is 30.3 Å². The normalized spacial score (nSPS) is 30.7. The third-order valence-corrected chi connectivity index (χ3v) is 4.09. The number of Topliss-reactive ketones (excluding diaryl/α,β-unsaturated/α-hetero) is 1. The number of hydrogen-bond donors (Lipinski definition) is 0. The average Bonchev–Trinajstić information content (AvgIpc) is 3.12. The van der Waals surface area contributed by atoms with E-state index in [0.29, 0.717) is 12.5 Å². The number of rotatable bonds is 4. The molecule has 1 aromatic carbocycles. The van der Waals surface area contributed by atoms with Crippen molar-refractivity contribution in [3.05, 3.63) is 35.9 Å². The van der Waals surface area contributed by atoms with Gasteiger partial charge in [-0.2, -0.15) is 0 Å². The van der Waals surface area contributed by atoms with Crippen molar-refractivity contribution >= 4 is 5.78 Å². The molecule has 0 N–H and O–H groups in total. The molecule has 17 heavy (non-hydrogen) atoms. The molecule has 1 saturated heterocycles. The summed E-state index contributed by atoms with van der Waals surface area (Å²) in [5, 5.41) is 0. The maximum Gasteiger partial charge on any atom is 0.162 e. The molecule has 1 aromatic rings. The SMILES string of the molecule is O=C(CC[C@@]12CCCC[C@@H]1O2)c1ccccc1. The Balaban J connectivity index is 1.57. The van der Waals surface area contributed by atoms with Crippen molar-refractivity contribution in [1.82, 2.24) is 0 Å². The van der Waals surface area contributed by atoms with Gasteiger partial charge in [0, 0.05) is 12.0 Å². The van der Waals surface area contributed by atoms with Crippen molar-refractivity contribution in [3.63, 3.8) is 0 Å². The van der Waals surface area contributed by atoms with E-state index in [2.05, 4.69) is 0 Å². The molecule has 2 heteroatoms. The van der Waals surface area contributed by atoms with Gasteiger partial charge in [-0.25, -0.2) is 0 Å². The summed E-state index contributed by atoms with van der Waals surface area (Å²) in [4.78, 5) is 12.0.